The molecule has 1 heterocycles. The van der Waals surface area contributed by atoms with Gasteiger partial charge in [0.25, 0.3) is 0 Å². The molecule has 1 aliphatic heterocycles. The summed E-state index contributed by atoms with van der Waals surface area (Å²) in [5.74, 6) is 1.66. The van der Waals surface area contributed by atoms with E-state index in [2.05, 4.69) is 15.9 Å². The van der Waals surface area contributed by atoms with E-state index >= 15 is 0 Å². The SMILES string of the molecule is Cc1cc(CO)cc(S(=O)(=O)N2CCSCC2)c1Br. The average molecular weight is 366 g/mol. The molecule has 1 aromatic rings. The zero-order valence-corrected chi connectivity index (χ0v) is 13.8. The number of hydrogen-bond acceptors (Lipinski definition) is 4. The lowest BCUT2D eigenvalue weighted by Crippen LogP contribution is -2.38. The van der Waals surface area contributed by atoms with E-state index in [1.807, 2.05) is 6.92 Å². The van der Waals surface area contributed by atoms with Gasteiger partial charge in [-0.2, -0.15) is 16.1 Å². The van der Waals surface area contributed by atoms with E-state index in [4.69, 9.17) is 0 Å². The highest BCUT2D eigenvalue weighted by molar-refractivity contribution is 9.10. The summed E-state index contributed by atoms with van der Waals surface area (Å²) in [5.41, 5.74) is 1.43. The van der Waals surface area contributed by atoms with Crippen molar-refractivity contribution in [3.63, 3.8) is 0 Å². The van der Waals surface area contributed by atoms with Crippen molar-refractivity contribution >= 4 is 37.7 Å². The van der Waals surface area contributed by atoms with Crippen LogP contribution in [0.15, 0.2) is 21.5 Å². The van der Waals surface area contributed by atoms with E-state index in [9.17, 15) is 13.5 Å². The molecule has 19 heavy (non-hydrogen) atoms. The molecule has 1 aromatic carbocycles. The highest BCUT2D eigenvalue weighted by Gasteiger charge is 2.28. The minimum atomic E-state index is -3.49. The number of halogens is 1. The lowest BCUT2D eigenvalue weighted by molar-refractivity contribution is 0.281. The molecule has 1 N–H and O–H groups in total. The standard InChI is InChI=1S/C12H16BrNO3S2/c1-9-6-10(8-15)7-11(12(9)13)19(16,17)14-2-4-18-5-3-14/h6-7,15H,2-5,8H2,1H3. The summed E-state index contributed by atoms with van der Waals surface area (Å²) in [7, 11) is -3.49. The number of thioether (sulfide) groups is 1. The van der Waals surface area contributed by atoms with Crippen LogP contribution in [0.25, 0.3) is 0 Å². The first kappa shape index (κ1) is 15.3. The van der Waals surface area contributed by atoms with E-state index in [-0.39, 0.29) is 11.5 Å². The lowest BCUT2D eigenvalue weighted by atomic mass is 10.1. The smallest absolute Gasteiger partial charge is 0.244 e. The number of benzene rings is 1. The largest absolute Gasteiger partial charge is 0.392 e. The zero-order chi connectivity index (χ0) is 14.0. The Morgan fingerprint density at radius 1 is 1.37 bits per heavy atom. The Bertz CT molecular complexity index is 569. The predicted molar refractivity (Wildman–Crippen MR) is 80.9 cm³/mol. The summed E-state index contributed by atoms with van der Waals surface area (Å²) in [6, 6.07) is 3.34. The Hall–Kier alpha value is -0.0800. The van der Waals surface area contributed by atoms with Crippen molar-refractivity contribution in [3.05, 3.63) is 27.7 Å². The van der Waals surface area contributed by atoms with Crippen LogP contribution in [0.3, 0.4) is 0 Å². The van der Waals surface area contributed by atoms with Crippen LogP contribution in [0.1, 0.15) is 11.1 Å². The van der Waals surface area contributed by atoms with Crippen LogP contribution in [0, 0.1) is 6.92 Å². The third-order valence-electron chi connectivity index (χ3n) is 3.05. The number of aryl methyl sites for hydroxylation is 1. The molecule has 106 valence electrons. The highest BCUT2D eigenvalue weighted by atomic mass is 79.9. The Kier molecular flexibility index (Phi) is 4.94. The van der Waals surface area contributed by atoms with Crippen LogP contribution in [0.5, 0.6) is 0 Å². The summed E-state index contributed by atoms with van der Waals surface area (Å²) in [4.78, 5) is 0.253. The summed E-state index contributed by atoms with van der Waals surface area (Å²) < 4.78 is 27.4. The summed E-state index contributed by atoms with van der Waals surface area (Å²) in [6.07, 6.45) is 0. The number of aliphatic hydroxyl groups excluding tert-OH is 1. The van der Waals surface area contributed by atoms with E-state index in [1.54, 1.807) is 23.9 Å². The molecule has 7 heteroatoms. The number of aliphatic hydroxyl groups is 1. The maximum absolute atomic E-state index is 12.6. The van der Waals surface area contributed by atoms with Gasteiger partial charge in [-0.25, -0.2) is 8.42 Å². The third-order valence-corrected chi connectivity index (χ3v) is 7.23. The molecule has 0 atom stereocenters. The molecular weight excluding hydrogens is 350 g/mol. The second-order valence-corrected chi connectivity index (χ2v) is 8.32. The molecule has 0 saturated carbocycles. The van der Waals surface area contributed by atoms with Gasteiger partial charge in [0.2, 0.25) is 10.0 Å². The van der Waals surface area contributed by atoms with Crippen LogP contribution in [-0.2, 0) is 16.6 Å². The molecule has 1 fully saturated rings. The molecule has 0 unspecified atom stereocenters. The van der Waals surface area contributed by atoms with Gasteiger partial charge in [-0.3, -0.25) is 0 Å². The van der Waals surface area contributed by atoms with E-state index in [0.717, 1.165) is 17.1 Å². The Labute approximate surface area is 126 Å². The predicted octanol–water partition coefficient (Wildman–Crippen LogP) is 1.99. The molecule has 0 aliphatic carbocycles. The maximum atomic E-state index is 12.6. The van der Waals surface area contributed by atoms with Gasteiger partial charge in [0.15, 0.2) is 0 Å². The van der Waals surface area contributed by atoms with Crippen LogP contribution < -0.4 is 0 Å². The Balaban J connectivity index is 2.47. The molecule has 1 saturated heterocycles. The summed E-state index contributed by atoms with van der Waals surface area (Å²) in [6.45, 7) is 2.75. The minimum absolute atomic E-state index is 0.160. The molecule has 0 radical (unpaired) electrons. The maximum Gasteiger partial charge on any atom is 0.244 e. The Morgan fingerprint density at radius 3 is 2.58 bits per heavy atom. The summed E-state index contributed by atoms with van der Waals surface area (Å²) in [5, 5.41) is 9.23. The second kappa shape index (κ2) is 6.13. The first-order valence-corrected chi connectivity index (χ1v) is 9.33. The average Bonchev–Trinajstić information content (AvgIpc) is 2.42. The van der Waals surface area contributed by atoms with Crippen LogP contribution >= 0.6 is 27.7 Å². The first-order valence-electron chi connectivity index (χ1n) is 5.94. The van der Waals surface area contributed by atoms with Crippen molar-refractivity contribution in [3.8, 4) is 0 Å². The number of nitrogens with zero attached hydrogens (tertiary/aromatic N) is 1. The quantitative estimate of drug-likeness (QED) is 0.889. The fourth-order valence-electron chi connectivity index (χ4n) is 2.01. The van der Waals surface area contributed by atoms with Gasteiger partial charge in [0, 0.05) is 29.1 Å². The zero-order valence-electron chi connectivity index (χ0n) is 10.6. The van der Waals surface area contributed by atoms with Crippen molar-refractivity contribution in [1.82, 2.24) is 4.31 Å². The normalized spacial score (nSPS) is 17.6. The van der Waals surface area contributed by atoms with Crippen molar-refractivity contribution in [1.29, 1.82) is 0 Å². The van der Waals surface area contributed by atoms with Gasteiger partial charge in [0.1, 0.15) is 0 Å². The second-order valence-electron chi connectivity index (χ2n) is 4.40. The van der Waals surface area contributed by atoms with Gasteiger partial charge in [-0.1, -0.05) is 6.07 Å². The molecule has 2 rings (SSSR count). The molecule has 0 aromatic heterocycles. The van der Waals surface area contributed by atoms with E-state index in [1.165, 1.54) is 4.31 Å². The molecule has 0 spiro atoms. The fraction of sp³-hybridized carbons (Fsp3) is 0.500. The van der Waals surface area contributed by atoms with Gasteiger partial charge in [0.05, 0.1) is 11.5 Å². The van der Waals surface area contributed by atoms with Gasteiger partial charge >= 0.3 is 0 Å². The van der Waals surface area contributed by atoms with Gasteiger partial charge in [-0.15, -0.1) is 0 Å². The van der Waals surface area contributed by atoms with Crippen molar-refractivity contribution in [2.24, 2.45) is 0 Å². The topological polar surface area (TPSA) is 57.6 Å². The third kappa shape index (κ3) is 3.16. The molecule has 4 nitrogen and oxygen atoms in total. The molecular formula is C12H16BrNO3S2. The summed E-state index contributed by atoms with van der Waals surface area (Å²) >= 11 is 5.12. The van der Waals surface area contributed by atoms with Gasteiger partial charge < -0.3 is 5.11 Å². The molecule has 1 aliphatic rings. The minimum Gasteiger partial charge on any atom is -0.392 e. The van der Waals surface area contributed by atoms with Crippen LogP contribution in [0.2, 0.25) is 0 Å². The van der Waals surface area contributed by atoms with Crippen LogP contribution in [-0.4, -0.2) is 42.4 Å². The van der Waals surface area contributed by atoms with E-state index in [0.29, 0.717) is 23.1 Å². The van der Waals surface area contributed by atoms with Crippen molar-refractivity contribution in [2.45, 2.75) is 18.4 Å². The van der Waals surface area contributed by atoms with E-state index < -0.39 is 10.0 Å². The highest BCUT2D eigenvalue weighted by Crippen LogP contribution is 2.30. The van der Waals surface area contributed by atoms with Crippen molar-refractivity contribution < 1.29 is 13.5 Å². The lowest BCUT2D eigenvalue weighted by Gasteiger charge is -2.26. The van der Waals surface area contributed by atoms with Crippen LogP contribution in [0.4, 0.5) is 0 Å². The van der Waals surface area contributed by atoms with Gasteiger partial charge in [-0.05, 0) is 40.0 Å². The number of hydrogen-bond donors (Lipinski definition) is 1. The Morgan fingerprint density at radius 2 is 2.00 bits per heavy atom. The monoisotopic (exact) mass is 365 g/mol. The molecule has 0 bridgehead atoms. The van der Waals surface area contributed by atoms with Crippen molar-refractivity contribution in [2.75, 3.05) is 24.6 Å². The number of rotatable bonds is 3. The molecule has 0 amide bonds. The number of sulfonamides is 1. The fourth-order valence-corrected chi connectivity index (χ4v) is 5.62. The first-order chi connectivity index (χ1) is 8.96.